The molecule has 0 amide bonds. The van der Waals surface area contributed by atoms with E-state index in [-0.39, 0.29) is 12.4 Å². The van der Waals surface area contributed by atoms with Crippen LogP contribution in [0.25, 0.3) is 16.9 Å². The molecule has 0 saturated heterocycles. The molecule has 0 atom stereocenters. The number of ketones is 1. The van der Waals surface area contributed by atoms with E-state index in [0.29, 0.717) is 30.1 Å². The van der Waals surface area contributed by atoms with Gasteiger partial charge in [0.2, 0.25) is 0 Å². The number of hydrogen-bond donors (Lipinski definition) is 2. The van der Waals surface area contributed by atoms with Crippen LogP contribution in [0, 0.1) is 0 Å². The molecule has 7 nitrogen and oxygen atoms in total. The largest absolute Gasteiger partial charge is 0.491 e. The van der Waals surface area contributed by atoms with Crippen LogP contribution in [0.2, 0.25) is 0 Å². The van der Waals surface area contributed by atoms with Crippen LogP contribution in [0.5, 0.6) is 5.75 Å². The summed E-state index contributed by atoms with van der Waals surface area (Å²) in [5.74, 6) is 1.57. The van der Waals surface area contributed by atoms with Gasteiger partial charge in [-0.2, -0.15) is 0 Å². The number of nitrogens with one attached hydrogen (secondary N) is 1. The first kappa shape index (κ1) is 20.2. The number of fused-ring (bicyclic) bond motifs is 2. The molecule has 0 fully saturated rings. The predicted octanol–water partition coefficient (Wildman–Crippen LogP) is 3.96. The topological polar surface area (TPSA) is 88.8 Å². The third-order valence-corrected chi connectivity index (χ3v) is 5.36. The van der Waals surface area contributed by atoms with Crippen molar-refractivity contribution < 1.29 is 14.6 Å². The van der Waals surface area contributed by atoms with Gasteiger partial charge in [-0.25, -0.2) is 9.97 Å². The van der Waals surface area contributed by atoms with Crippen LogP contribution in [0.3, 0.4) is 0 Å². The molecule has 1 aliphatic rings. The molecule has 0 bridgehead atoms. The third-order valence-electron chi connectivity index (χ3n) is 5.36. The van der Waals surface area contributed by atoms with Crippen molar-refractivity contribution in [1.29, 1.82) is 0 Å². The Morgan fingerprint density at radius 2 is 1.91 bits per heavy atom. The maximum Gasteiger partial charge on any atom is 0.180 e. The second-order valence-corrected chi connectivity index (χ2v) is 8.76. The summed E-state index contributed by atoms with van der Waals surface area (Å²) in [6.07, 6.45) is 6.58. The van der Waals surface area contributed by atoms with Gasteiger partial charge in [-0.3, -0.25) is 4.79 Å². The monoisotopic (exact) mass is 428 g/mol. The molecule has 162 valence electrons. The van der Waals surface area contributed by atoms with E-state index < -0.39 is 5.60 Å². The van der Waals surface area contributed by atoms with Crippen molar-refractivity contribution in [3.63, 3.8) is 0 Å². The van der Waals surface area contributed by atoms with Crippen molar-refractivity contribution in [3.8, 4) is 17.0 Å². The molecular formula is C25H24N4O3. The summed E-state index contributed by atoms with van der Waals surface area (Å²) in [7, 11) is 0. The van der Waals surface area contributed by atoms with Crippen LogP contribution >= 0.6 is 0 Å². The van der Waals surface area contributed by atoms with E-state index in [1.54, 1.807) is 20.0 Å². The normalized spacial score (nSPS) is 13.4. The average Bonchev–Trinajstić information content (AvgIpc) is 3.37. The van der Waals surface area contributed by atoms with Crippen molar-refractivity contribution in [2.75, 3.05) is 11.9 Å². The van der Waals surface area contributed by atoms with Gasteiger partial charge in [0.1, 0.15) is 18.1 Å². The maximum absolute atomic E-state index is 11.8. The molecule has 7 heteroatoms. The van der Waals surface area contributed by atoms with Gasteiger partial charge in [-0.05, 0) is 55.3 Å². The quantitative estimate of drug-likeness (QED) is 0.483. The standard InChI is InChI=1S/C25H24N4O3/c1-25(2,31)15-32-21-7-5-19(6-8-21)27-23-24-26-9-10-29(24)14-22(28-23)17-4-3-16-12-20(30)13-18(16)11-17/h3-11,14,31H,12-13,15H2,1-2H3,(H,27,28). The van der Waals surface area contributed by atoms with E-state index >= 15 is 0 Å². The second-order valence-electron chi connectivity index (χ2n) is 8.76. The van der Waals surface area contributed by atoms with Crippen molar-refractivity contribution in [1.82, 2.24) is 14.4 Å². The molecule has 4 aromatic rings. The van der Waals surface area contributed by atoms with Crippen molar-refractivity contribution in [2.24, 2.45) is 0 Å². The number of imidazole rings is 1. The lowest BCUT2D eigenvalue weighted by Crippen LogP contribution is -2.27. The molecule has 5 rings (SSSR count). The van der Waals surface area contributed by atoms with Gasteiger partial charge in [0.25, 0.3) is 0 Å². The highest BCUT2D eigenvalue weighted by atomic mass is 16.5. The van der Waals surface area contributed by atoms with E-state index in [4.69, 9.17) is 9.72 Å². The van der Waals surface area contributed by atoms with E-state index in [1.807, 2.05) is 53.2 Å². The van der Waals surface area contributed by atoms with E-state index in [2.05, 4.69) is 16.4 Å². The zero-order valence-corrected chi connectivity index (χ0v) is 18.0. The molecule has 2 heterocycles. The summed E-state index contributed by atoms with van der Waals surface area (Å²) < 4.78 is 7.56. The van der Waals surface area contributed by atoms with Crippen LogP contribution in [-0.2, 0) is 17.6 Å². The molecular weight excluding hydrogens is 404 g/mol. The number of carbonyl (C=O) groups excluding carboxylic acids is 1. The first-order valence-corrected chi connectivity index (χ1v) is 10.5. The van der Waals surface area contributed by atoms with E-state index in [9.17, 15) is 9.90 Å². The Kier molecular flexibility index (Phi) is 4.90. The highest BCUT2D eigenvalue weighted by Crippen LogP contribution is 2.29. The fraction of sp³-hybridized carbons (Fsp3) is 0.240. The lowest BCUT2D eigenvalue weighted by Gasteiger charge is -2.18. The smallest absolute Gasteiger partial charge is 0.180 e. The van der Waals surface area contributed by atoms with Gasteiger partial charge in [0.15, 0.2) is 11.5 Å². The Morgan fingerprint density at radius 3 is 2.69 bits per heavy atom. The third kappa shape index (κ3) is 4.20. The Morgan fingerprint density at radius 1 is 1.12 bits per heavy atom. The summed E-state index contributed by atoms with van der Waals surface area (Å²) in [6, 6.07) is 13.6. The molecule has 0 spiro atoms. The molecule has 32 heavy (non-hydrogen) atoms. The zero-order valence-electron chi connectivity index (χ0n) is 18.0. The number of aliphatic hydroxyl groups is 1. The van der Waals surface area contributed by atoms with Crippen molar-refractivity contribution in [3.05, 3.63) is 72.2 Å². The molecule has 2 N–H and O–H groups in total. The van der Waals surface area contributed by atoms with E-state index in [1.165, 1.54) is 0 Å². The van der Waals surface area contributed by atoms with Gasteiger partial charge in [0, 0.05) is 42.7 Å². The fourth-order valence-electron chi connectivity index (χ4n) is 3.80. The fourth-order valence-corrected chi connectivity index (χ4v) is 3.80. The molecule has 1 aliphatic carbocycles. The number of rotatable bonds is 6. The number of aromatic nitrogens is 3. The van der Waals surface area contributed by atoms with Crippen molar-refractivity contribution in [2.45, 2.75) is 32.3 Å². The van der Waals surface area contributed by atoms with Crippen LogP contribution in [0.4, 0.5) is 11.5 Å². The molecule has 0 aliphatic heterocycles. The SMILES string of the molecule is CC(C)(O)COc1ccc(Nc2nc(-c3ccc4c(c3)CC(=O)C4)cn3ccnc23)cc1. The minimum atomic E-state index is -0.890. The highest BCUT2D eigenvalue weighted by molar-refractivity contribution is 5.88. The average molecular weight is 428 g/mol. The molecule has 0 saturated carbocycles. The number of carbonyl (C=O) groups is 1. The zero-order chi connectivity index (χ0) is 22.3. The molecule has 2 aromatic carbocycles. The molecule has 0 unspecified atom stereocenters. The van der Waals surface area contributed by atoms with Crippen LogP contribution in [-0.4, -0.2) is 37.5 Å². The summed E-state index contributed by atoms with van der Waals surface area (Å²) in [5.41, 5.74) is 4.61. The lowest BCUT2D eigenvalue weighted by molar-refractivity contribution is -0.117. The molecule has 2 aromatic heterocycles. The maximum atomic E-state index is 11.8. The first-order chi connectivity index (χ1) is 15.3. The number of nitrogens with zero attached hydrogens (tertiary/aromatic N) is 3. The molecule has 0 radical (unpaired) electrons. The van der Waals surface area contributed by atoms with Gasteiger partial charge in [0.05, 0.1) is 11.3 Å². The Hall–Kier alpha value is -3.71. The number of Topliss-reactive ketones (excluding diaryl/α,β-unsaturated/α-hetero) is 1. The summed E-state index contributed by atoms with van der Waals surface area (Å²) >= 11 is 0. The van der Waals surface area contributed by atoms with Crippen LogP contribution in [0.15, 0.2) is 61.1 Å². The highest BCUT2D eigenvalue weighted by Gasteiger charge is 2.19. The van der Waals surface area contributed by atoms with Gasteiger partial charge >= 0.3 is 0 Å². The minimum Gasteiger partial charge on any atom is -0.491 e. The summed E-state index contributed by atoms with van der Waals surface area (Å²) in [6.45, 7) is 3.62. The number of hydrogen-bond acceptors (Lipinski definition) is 6. The first-order valence-electron chi connectivity index (χ1n) is 10.5. The Bertz CT molecular complexity index is 1300. The number of anilines is 2. The number of ether oxygens (including phenoxy) is 1. The Labute approximate surface area is 185 Å². The predicted molar refractivity (Wildman–Crippen MR) is 122 cm³/mol. The minimum absolute atomic E-state index is 0.213. The van der Waals surface area contributed by atoms with Crippen molar-refractivity contribution >= 4 is 22.9 Å². The number of benzene rings is 2. The second kappa shape index (κ2) is 7.76. The Balaban J connectivity index is 1.43. The van der Waals surface area contributed by atoms with Crippen LogP contribution in [0.1, 0.15) is 25.0 Å². The lowest BCUT2D eigenvalue weighted by atomic mass is 10.0. The van der Waals surface area contributed by atoms with Crippen LogP contribution < -0.4 is 10.1 Å². The van der Waals surface area contributed by atoms with Gasteiger partial charge < -0.3 is 19.6 Å². The van der Waals surface area contributed by atoms with Gasteiger partial charge in [-0.1, -0.05) is 12.1 Å². The summed E-state index contributed by atoms with van der Waals surface area (Å²) in [4.78, 5) is 21.1. The van der Waals surface area contributed by atoms with Gasteiger partial charge in [-0.15, -0.1) is 0 Å². The van der Waals surface area contributed by atoms with E-state index in [0.717, 1.165) is 28.1 Å². The summed E-state index contributed by atoms with van der Waals surface area (Å²) in [5, 5.41) is 13.2.